The maximum Gasteiger partial charge on any atom is 0.237 e. The van der Waals surface area contributed by atoms with Crippen molar-refractivity contribution in [3.8, 4) is 28.6 Å². The lowest BCUT2D eigenvalue weighted by molar-refractivity contribution is 0.355. The highest BCUT2D eigenvalue weighted by Gasteiger charge is 2.16. The first-order valence-electron chi connectivity index (χ1n) is 9.26. The number of nitrogens with zero attached hydrogens (tertiary/aromatic N) is 5. The molecule has 0 atom stereocenters. The average molecular weight is 423 g/mol. The van der Waals surface area contributed by atoms with Crippen LogP contribution in [0.15, 0.2) is 52.1 Å². The Hall–Kier alpha value is -3.33. The highest BCUT2D eigenvalue weighted by Crippen LogP contribution is 2.32. The van der Waals surface area contributed by atoms with E-state index in [-0.39, 0.29) is 0 Å². The van der Waals surface area contributed by atoms with Gasteiger partial charge in [-0.1, -0.05) is 29.1 Å². The standard InChI is InChI=1S/C21H21N5O3S/c1-13-6-5-7-16(10-13)26-14(2)23-24-21(26)30-12-19-22-20(25-29-19)15-8-9-17(27-3)18(11-15)28-4/h5-11H,12H2,1-4H3. The van der Waals surface area contributed by atoms with Gasteiger partial charge in [-0.25, -0.2) is 0 Å². The Balaban J connectivity index is 1.52. The number of methoxy groups -OCH3 is 2. The fourth-order valence-corrected chi connectivity index (χ4v) is 3.87. The number of rotatable bonds is 7. The second-order valence-corrected chi connectivity index (χ2v) is 7.52. The van der Waals surface area contributed by atoms with Crippen molar-refractivity contribution in [1.82, 2.24) is 24.9 Å². The van der Waals surface area contributed by atoms with Gasteiger partial charge in [0.1, 0.15) is 5.82 Å². The molecule has 9 heteroatoms. The van der Waals surface area contributed by atoms with Gasteiger partial charge in [0.2, 0.25) is 11.7 Å². The van der Waals surface area contributed by atoms with E-state index in [1.165, 1.54) is 17.3 Å². The average Bonchev–Trinajstić information content (AvgIpc) is 3.38. The summed E-state index contributed by atoms with van der Waals surface area (Å²) in [4.78, 5) is 4.50. The SMILES string of the molecule is COc1ccc(-c2noc(CSc3nnc(C)n3-c3cccc(C)c3)n2)cc1OC. The van der Waals surface area contributed by atoms with Gasteiger partial charge in [-0.3, -0.25) is 4.57 Å². The first kappa shape index (κ1) is 20.0. The van der Waals surface area contributed by atoms with Crippen LogP contribution in [-0.4, -0.2) is 39.1 Å². The van der Waals surface area contributed by atoms with Gasteiger partial charge in [0.15, 0.2) is 16.7 Å². The van der Waals surface area contributed by atoms with Crippen molar-refractivity contribution in [2.24, 2.45) is 0 Å². The topological polar surface area (TPSA) is 88.1 Å². The van der Waals surface area contributed by atoms with Gasteiger partial charge < -0.3 is 14.0 Å². The molecule has 0 amide bonds. The van der Waals surface area contributed by atoms with Gasteiger partial charge in [-0.15, -0.1) is 10.2 Å². The Bertz CT molecular complexity index is 1170. The largest absolute Gasteiger partial charge is 0.493 e. The molecule has 154 valence electrons. The Morgan fingerprint density at radius 3 is 2.60 bits per heavy atom. The van der Waals surface area contributed by atoms with Crippen molar-refractivity contribution in [2.45, 2.75) is 24.8 Å². The van der Waals surface area contributed by atoms with Crippen LogP contribution in [0.3, 0.4) is 0 Å². The molecular formula is C21H21N5O3S. The van der Waals surface area contributed by atoms with Gasteiger partial charge >= 0.3 is 0 Å². The lowest BCUT2D eigenvalue weighted by Crippen LogP contribution is -1.99. The van der Waals surface area contributed by atoms with Gasteiger partial charge in [-0.05, 0) is 49.7 Å². The van der Waals surface area contributed by atoms with Gasteiger partial charge in [0, 0.05) is 11.3 Å². The van der Waals surface area contributed by atoms with Crippen molar-refractivity contribution in [3.63, 3.8) is 0 Å². The van der Waals surface area contributed by atoms with Gasteiger partial charge in [-0.2, -0.15) is 4.98 Å². The summed E-state index contributed by atoms with van der Waals surface area (Å²) in [7, 11) is 3.19. The summed E-state index contributed by atoms with van der Waals surface area (Å²) in [5, 5.41) is 13.4. The zero-order chi connectivity index (χ0) is 21.1. The Morgan fingerprint density at radius 1 is 1.00 bits per heavy atom. The number of aryl methyl sites for hydroxylation is 2. The summed E-state index contributed by atoms with van der Waals surface area (Å²) >= 11 is 1.49. The third-order valence-corrected chi connectivity index (χ3v) is 5.40. The minimum atomic E-state index is 0.476. The first-order valence-corrected chi connectivity index (χ1v) is 10.2. The molecular weight excluding hydrogens is 402 g/mol. The van der Waals surface area contributed by atoms with Gasteiger partial charge in [0.25, 0.3) is 0 Å². The molecule has 0 saturated heterocycles. The van der Waals surface area contributed by atoms with Crippen molar-refractivity contribution < 1.29 is 14.0 Å². The lowest BCUT2D eigenvalue weighted by Gasteiger charge is -2.08. The van der Waals surface area contributed by atoms with Crippen LogP contribution in [0.2, 0.25) is 0 Å². The van der Waals surface area contributed by atoms with E-state index in [1.807, 2.05) is 41.8 Å². The summed E-state index contributed by atoms with van der Waals surface area (Å²) in [6, 6.07) is 13.7. The molecule has 2 heterocycles. The van der Waals surface area contributed by atoms with E-state index < -0.39 is 0 Å². The van der Waals surface area contributed by atoms with E-state index >= 15 is 0 Å². The molecule has 0 spiro atoms. The number of hydrogen-bond donors (Lipinski definition) is 0. The number of aromatic nitrogens is 5. The van der Waals surface area contributed by atoms with Crippen LogP contribution in [0.25, 0.3) is 17.1 Å². The third kappa shape index (κ3) is 4.02. The van der Waals surface area contributed by atoms with Crippen LogP contribution in [0.4, 0.5) is 0 Å². The van der Waals surface area contributed by atoms with E-state index in [0.29, 0.717) is 29.0 Å². The summed E-state index contributed by atoms with van der Waals surface area (Å²) in [5.74, 6) is 3.54. The number of benzene rings is 2. The molecule has 0 fully saturated rings. The highest BCUT2D eigenvalue weighted by molar-refractivity contribution is 7.98. The van der Waals surface area contributed by atoms with Crippen LogP contribution in [0, 0.1) is 13.8 Å². The highest BCUT2D eigenvalue weighted by atomic mass is 32.2. The number of ether oxygens (including phenoxy) is 2. The van der Waals surface area contributed by atoms with Crippen molar-refractivity contribution in [2.75, 3.05) is 14.2 Å². The zero-order valence-corrected chi connectivity index (χ0v) is 17.9. The molecule has 0 bridgehead atoms. The smallest absolute Gasteiger partial charge is 0.237 e. The summed E-state index contributed by atoms with van der Waals surface area (Å²) in [6.07, 6.45) is 0. The maximum absolute atomic E-state index is 5.43. The first-order chi connectivity index (χ1) is 14.6. The number of thioether (sulfide) groups is 1. The molecule has 0 radical (unpaired) electrons. The van der Waals surface area contributed by atoms with Crippen LogP contribution >= 0.6 is 11.8 Å². The predicted molar refractivity (Wildman–Crippen MR) is 113 cm³/mol. The predicted octanol–water partition coefficient (Wildman–Crippen LogP) is 4.24. The fraction of sp³-hybridized carbons (Fsp3) is 0.238. The molecule has 0 aliphatic carbocycles. The molecule has 30 heavy (non-hydrogen) atoms. The van der Waals surface area contributed by atoms with Crippen molar-refractivity contribution >= 4 is 11.8 Å². The van der Waals surface area contributed by atoms with Gasteiger partial charge in [0.05, 0.1) is 20.0 Å². The second-order valence-electron chi connectivity index (χ2n) is 6.57. The molecule has 4 aromatic rings. The molecule has 8 nitrogen and oxygen atoms in total. The third-order valence-electron chi connectivity index (χ3n) is 4.49. The molecule has 2 aromatic heterocycles. The Kier molecular flexibility index (Phi) is 5.71. The van der Waals surface area contributed by atoms with Crippen LogP contribution in [-0.2, 0) is 5.75 Å². The molecule has 0 saturated carbocycles. The Labute approximate surface area is 178 Å². The molecule has 0 aliphatic rings. The van der Waals surface area contributed by atoms with E-state index in [0.717, 1.165) is 22.2 Å². The van der Waals surface area contributed by atoms with E-state index in [1.54, 1.807) is 14.2 Å². The maximum atomic E-state index is 5.43. The Morgan fingerprint density at radius 2 is 1.83 bits per heavy atom. The van der Waals surface area contributed by atoms with Crippen LogP contribution < -0.4 is 9.47 Å². The molecule has 0 aliphatic heterocycles. The lowest BCUT2D eigenvalue weighted by atomic mass is 10.2. The molecule has 2 aromatic carbocycles. The number of hydrogen-bond acceptors (Lipinski definition) is 8. The van der Waals surface area contributed by atoms with Crippen LogP contribution in [0.1, 0.15) is 17.3 Å². The fourth-order valence-electron chi connectivity index (χ4n) is 3.03. The molecule has 4 rings (SSSR count). The van der Waals surface area contributed by atoms with Crippen molar-refractivity contribution in [3.05, 3.63) is 59.7 Å². The van der Waals surface area contributed by atoms with Crippen molar-refractivity contribution in [1.29, 1.82) is 0 Å². The normalized spacial score (nSPS) is 10.9. The minimum absolute atomic E-state index is 0.476. The quantitative estimate of drug-likeness (QED) is 0.408. The van der Waals surface area contributed by atoms with Crippen LogP contribution in [0.5, 0.6) is 11.5 Å². The zero-order valence-electron chi connectivity index (χ0n) is 17.1. The summed E-state index contributed by atoms with van der Waals surface area (Å²) in [6.45, 7) is 3.99. The van der Waals surface area contributed by atoms with E-state index in [9.17, 15) is 0 Å². The molecule has 0 N–H and O–H groups in total. The molecule has 0 unspecified atom stereocenters. The van der Waals surface area contributed by atoms with E-state index in [4.69, 9.17) is 14.0 Å². The van der Waals surface area contributed by atoms with E-state index in [2.05, 4.69) is 39.4 Å². The monoisotopic (exact) mass is 423 g/mol. The minimum Gasteiger partial charge on any atom is -0.493 e. The second kappa shape index (κ2) is 8.58. The summed E-state index contributed by atoms with van der Waals surface area (Å²) < 4.78 is 18.1. The summed E-state index contributed by atoms with van der Waals surface area (Å²) in [5.41, 5.74) is 2.98.